The average Bonchev–Trinajstić information content (AvgIpc) is 1.27. The van der Waals surface area contributed by atoms with Crippen LogP contribution < -0.4 is 25.4 Å². The Kier molecular flexibility index (Phi) is 24.3. The molecule has 6 aromatic carbocycles. The predicted octanol–water partition coefficient (Wildman–Crippen LogP) is 7.36. The van der Waals surface area contributed by atoms with Gasteiger partial charge in [-0.1, -0.05) is 146 Å². The number of hydrogen-bond donors (Lipinski definition) is 9. The van der Waals surface area contributed by atoms with Crippen LogP contribution in [0.3, 0.4) is 0 Å². The minimum Gasteiger partial charge on any atom is -0.387 e. The summed E-state index contributed by atoms with van der Waals surface area (Å²) >= 11 is 0. The molecule has 0 unspecified atom stereocenters. The van der Waals surface area contributed by atoms with Crippen LogP contribution in [-0.2, 0) is 56.9 Å². The summed E-state index contributed by atoms with van der Waals surface area (Å²) in [5.74, 6) is -0.794. The number of fused-ring (bicyclic) bond motifs is 2. The molecule has 8 atom stereocenters. The van der Waals surface area contributed by atoms with Crippen molar-refractivity contribution in [1.82, 2.24) is 58.7 Å². The van der Waals surface area contributed by atoms with Gasteiger partial charge in [0.2, 0.25) is 20.0 Å². The van der Waals surface area contributed by atoms with Crippen molar-refractivity contribution in [3.05, 3.63) is 228 Å². The number of nitrogens with one attached hydrogen (secondary N) is 5. The number of aliphatic hydroxyl groups excluding tert-OH is 4. The van der Waals surface area contributed by atoms with E-state index in [0.717, 1.165) is 64.2 Å². The van der Waals surface area contributed by atoms with Gasteiger partial charge in [-0.3, -0.25) is 13.9 Å². The molecule has 0 saturated carbocycles. The zero-order valence-corrected chi connectivity index (χ0v) is 60.7. The number of anilines is 2. The number of amides is 1. The van der Waals surface area contributed by atoms with Gasteiger partial charge in [-0.15, -0.1) is 0 Å². The van der Waals surface area contributed by atoms with Crippen LogP contribution >= 0.6 is 0 Å². The summed E-state index contributed by atoms with van der Waals surface area (Å²) in [7, 11) is -5.08. The lowest BCUT2D eigenvalue weighted by Crippen LogP contribution is -2.45. The van der Waals surface area contributed by atoms with Gasteiger partial charge < -0.3 is 60.2 Å². The number of halogens is 3. The molecule has 4 fully saturated rings. The van der Waals surface area contributed by atoms with Crippen LogP contribution in [0.1, 0.15) is 107 Å². The molecule has 0 bridgehead atoms. The molecule has 4 aliphatic heterocycles. The number of carbonyl (C=O) groups is 1. The van der Waals surface area contributed by atoms with Crippen LogP contribution in [-0.4, -0.2) is 197 Å². The second-order valence-corrected chi connectivity index (χ2v) is 30.5. The van der Waals surface area contributed by atoms with E-state index in [1.54, 1.807) is 24.3 Å². The van der Waals surface area contributed by atoms with E-state index in [9.17, 15) is 55.2 Å². The third-order valence-electron chi connectivity index (χ3n) is 20.1. The standard InChI is InChI=1S/C39H42F3N7O7S.C37H43N7O6S/c1-55-22-30-33(50)34(51)37(56-30)49-23-44-32-35(43-20-29(26-8-4-2-5-9-26)27-10-6-3-7-11-27)46-31(47-36(32)49)21-45-57(53,54)28-14-12-24(13-15-28)25-16-18-48(19-17-25)38(52)39(40,41)42;1-49-22-30-33(45)34(46)37(50-30)44-23-40-32-35(39-20-29(26-8-4-2-5-9-26)27-10-6-3-7-11-27)42-31(43-36(32)44)21-41-51(47,48)28-14-12-24(13-15-28)25-16-18-38-19-17-25/h2-15,23,25,29-30,33-34,37,45,50-51H,16-22H2,1H3,(H,43,46,47);2-15,23,25,29-30,33-34,37-38,41,45-46H,16-22H2,1H3,(H,39,42,43)/t2*30-,33-,34-,37-/m11/s1. The molecule has 10 aromatic rings. The molecule has 0 aliphatic carbocycles. The number of rotatable bonds is 26. The zero-order chi connectivity index (χ0) is 75.7. The van der Waals surface area contributed by atoms with Gasteiger partial charge in [0.25, 0.3) is 0 Å². The van der Waals surface area contributed by atoms with Gasteiger partial charge in [-0.2, -0.15) is 13.2 Å². The van der Waals surface area contributed by atoms with Gasteiger partial charge in [0.05, 0.1) is 48.7 Å². The van der Waals surface area contributed by atoms with Crippen molar-refractivity contribution in [3.8, 4) is 0 Å². The first kappa shape index (κ1) is 76.9. The normalized spacial score (nSPS) is 21.0. The van der Waals surface area contributed by atoms with Crippen LogP contribution in [0.15, 0.2) is 192 Å². The molecular weight excluding hydrogens is 1440 g/mol. The van der Waals surface area contributed by atoms with Gasteiger partial charge in [0.15, 0.2) is 46.4 Å². The van der Waals surface area contributed by atoms with Crippen LogP contribution in [0.4, 0.5) is 24.8 Å². The lowest BCUT2D eigenvalue weighted by Gasteiger charge is -2.32. The van der Waals surface area contributed by atoms with Gasteiger partial charge in [0.1, 0.15) is 48.3 Å². The Morgan fingerprint density at radius 1 is 0.528 bits per heavy atom. The van der Waals surface area contributed by atoms with Crippen LogP contribution in [0.2, 0.25) is 0 Å². The van der Waals surface area contributed by atoms with Crippen molar-refractivity contribution >= 4 is 59.9 Å². The number of piperidine rings is 2. The molecule has 0 spiro atoms. The number of benzene rings is 6. The minimum atomic E-state index is -4.93. The summed E-state index contributed by atoms with van der Waals surface area (Å²) in [6, 6.07) is 53.2. The lowest BCUT2D eigenvalue weighted by molar-refractivity contribution is -0.186. The van der Waals surface area contributed by atoms with Crippen LogP contribution in [0.25, 0.3) is 22.3 Å². The largest absolute Gasteiger partial charge is 0.471 e. The second-order valence-electron chi connectivity index (χ2n) is 27.0. The highest BCUT2D eigenvalue weighted by atomic mass is 32.2. The number of hydrogen-bond acceptors (Lipinski definition) is 22. The summed E-state index contributed by atoms with van der Waals surface area (Å²) in [4.78, 5) is 40.4. The second kappa shape index (κ2) is 34.1. The number of nitrogens with zero attached hydrogens (tertiary/aromatic N) is 9. The van der Waals surface area contributed by atoms with E-state index in [1.165, 1.54) is 48.1 Å². The third-order valence-corrected chi connectivity index (χ3v) is 22.9. The Hall–Kier alpha value is -9.26. The number of imidazole rings is 2. The van der Waals surface area contributed by atoms with Gasteiger partial charge in [-0.25, -0.2) is 56.2 Å². The Morgan fingerprint density at radius 2 is 0.889 bits per heavy atom. The molecule has 570 valence electrons. The summed E-state index contributed by atoms with van der Waals surface area (Å²) in [6.07, 6.45) is -8.17. The molecule has 9 N–H and O–H groups in total. The lowest BCUT2D eigenvalue weighted by atomic mass is 9.89. The highest BCUT2D eigenvalue weighted by Gasteiger charge is 2.47. The summed E-state index contributed by atoms with van der Waals surface area (Å²) < 4.78 is 123. The average molecular weight is 1520 g/mol. The van der Waals surface area contributed by atoms with Gasteiger partial charge in [0, 0.05) is 52.2 Å². The van der Waals surface area contributed by atoms with Crippen molar-refractivity contribution in [3.63, 3.8) is 0 Å². The van der Waals surface area contributed by atoms with Crippen LogP contribution in [0, 0.1) is 0 Å². The third kappa shape index (κ3) is 17.6. The number of carbonyl (C=O) groups excluding carboxylic acids is 1. The van der Waals surface area contributed by atoms with Crippen LogP contribution in [0.5, 0.6) is 0 Å². The summed E-state index contributed by atoms with van der Waals surface area (Å²) in [6.45, 7) is 2.17. The van der Waals surface area contributed by atoms with Crippen molar-refractivity contribution < 1.29 is 74.2 Å². The fourth-order valence-electron chi connectivity index (χ4n) is 14.3. The number of alkyl halides is 3. The van der Waals surface area contributed by atoms with Crippen molar-refractivity contribution in [1.29, 1.82) is 0 Å². The Morgan fingerprint density at radius 3 is 1.24 bits per heavy atom. The monoisotopic (exact) mass is 1520 g/mol. The Labute approximate surface area is 622 Å². The number of sulfonamides is 2. The van der Waals surface area contributed by atoms with E-state index < -0.39 is 81.2 Å². The van der Waals surface area contributed by atoms with E-state index in [0.29, 0.717) is 60.2 Å². The maximum absolute atomic E-state index is 13.5. The number of aromatic nitrogens is 8. The predicted molar refractivity (Wildman–Crippen MR) is 393 cm³/mol. The number of methoxy groups -OCH3 is 2. The quantitative estimate of drug-likeness (QED) is 0.0255. The Balaban J connectivity index is 0.000000192. The summed E-state index contributed by atoms with van der Waals surface area (Å²) in [5.41, 5.74) is 7.44. The van der Waals surface area contributed by atoms with E-state index in [4.69, 9.17) is 28.9 Å². The topological polar surface area (TPSA) is 354 Å². The molecule has 108 heavy (non-hydrogen) atoms. The van der Waals surface area contributed by atoms with E-state index in [2.05, 4.69) is 69.6 Å². The minimum absolute atomic E-state index is 0.0275. The molecule has 27 nitrogen and oxygen atoms in total. The maximum Gasteiger partial charge on any atom is 0.471 e. The highest BCUT2D eigenvalue weighted by Crippen LogP contribution is 2.38. The zero-order valence-electron chi connectivity index (χ0n) is 59.1. The smallest absolute Gasteiger partial charge is 0.387 e. The highest BCUT2D eigenvalue weighted by molar-refractivity contribution is 7.89. The van der Waals surface area contributed by atoms with Crippen molar-refractivity contribution in [2.24, 2.45) is 0 Å². The van der Waals surface area contributed by atoms with Crippen molar-refractivity contribution in [2.45, 2.75) is 127 Å². The first-order chi connectivity index (χ1) is 52.2. The van der Waals surface area contributed by atoms with Gasteiger partial charge >= 0.3 is 12.1 Å². The Bertz CT molecular complexity index is 4800. The van der Waals surface area contributed by atoms with E-state index >= 15 is 0 Å². The maximum atomic E-state index is 13.5. The molecule has 14 rings (SSSR count). The molecule has 1 amide bonds. The number of aliphatic hydroxyl groups is 4. The van der Waals surface area contributed by atoms with E-state index in [1.807, 2.05) is 109 Å². The fourth-order valence-corrected chi connectivity index (χ4v) is 16.3. The van der Waals surface area contributed by atoms with E-state index in [-0.39, 0.29) is 84.2 Å². The molecule has 0 radical (unpaired) electrons. The molecule has 4 aliphatic rings. The van der Waals surface area contributed by atoms with Crippen molar-refractivity contribution in [2.75, 3.05) is 77.3 Å². The molecular formula is C76H85F3N14O13S2. The molecule has 8 heterocycles. The molecule has 4 saturated heterocycles. The molecule has 32 heteroatoms. The SMILES string of the molecule is COC[C@H]1O[C@@H](n2cnc3c(NCC(c4ccccc4)c4ccccc4)nc(CNS(=O)(=O)c4ccc(C5CCN(C(=O)C(F)(F)F)CC5)cc4)nc32)[C@H](O)[C@@H]1O.COC[C@H]1O[C@@H](n2cnc3c(NCC(c4ccccc4)c4ccccc4)nc(CNS(=O)(=O)c4ccc(C5CCNCC5)cc4)nc32)[C@H](O)[C@@H]1O. The number of likely N-dealkylation sites (tertiary alicyclic amines) is 1. The number of ether oxygens (including phenoxy) is 4. The fraction of sp³-hybridized carbons (Fsp3) is 0.382. The van der Waals surface area contributed by atoms with Gasteiger partial charge in [-0.05, 0) is 108 Å². The first-order valence-corrected chi connectivity index (χ1v) is 38.5. The molecule has 4 aromatic heterocycles. The summed E-state index contributed by atoms with van der Waals surface area (Å²) in [5, 5.41) is 53.5. The first-order valence-electron chi connectivity index (χ1n) is 35.6.